The van der Waals surface area contributed by atoms with Crippen LogP contribution < -0.4 is 30.7 Å². The van der Waals surface area contributed by atoms with E-state index in [1.165, 1.54) is 23.9 Å². The van der Waals surface area contributed by atoms with E-state index in [1.807, 2.05) is 48.8 Å². The maximum Gasteiger partial charge on any atom is 0.410 e. The number of hydrogen-bond acceptors (Lipinski definition) is 15. The number of methoxy groups -OCH3 is 1. The maximum absolute atomic E-state index is 17.7. The molecule has 5 saturated heterocycles. The number of unbranched alkanes of at least 4 members (excludes halogenated alkanes) is 7. The monoisotopic (exact) mass is 1200 g/mol. The van der Waals surface area contributed by atoms with Crippen molar-refractivity contribution in [2.45, 2.75) is 165 Å². The zero-order valence-electron chi connectivity index (χ0n) is 50.4. The van der Waals surface area contributed by atoms with Crippen molar-refractivity contribution in [3.05, 3.63) is 81.9 Å². The van der Waals surface area contributed by atoms with Crippen LogP contribution in [0.4, 0.5) is 24.2 Å². The fourth-order valence-corrected chi connectivity index (χ4v) is 13.9. The van der Waals surface area contributed by atoms with Crippen LogP contribution in [0.2, 0.25) is 0 Å². The number of hydrogen-bond donors (Lipinski definition) is 2. The summed E-state index contributed by atoms with van der Waals surface area (Å²) >= 11 is 0. The number of halogens is 2. The quantitative estimate of drug-likeness (QED) is 0.0280. The van der Waals surface area contributed by atoms with Crippen LogP contribution in [0.3, 0.4) is 0 Å². The normalized spacial score (nSPS) is 21.2. The van der Waals surface area contributed by atoms with E-state index >= 15 is 8.78 Å². The number of anilines is 1. The van der Waals surface area contributed by atoms with Gasteiger partial charge in [0.15, 0.2) is 12.6 Å². The van der Waals surface area contributed by atoms with Crippen LogP contribution in [-0.2, 0) is 37.3 Å². The number of amides is 4. The highest BCUT2D eigenvalue weighted by molar-refractivity contribution is 6.03. The lowest BCUT2D eigenvalue weighted by atomic mass is 9.95. The van der Waals surface area contributed by atoms with Crippen LogP contribution in [0.1, 0.15) is 141 Å². The topological polar surface area (TPSA) is 214 Å². The van der Waals surface area contributed by atoms with Crippen molar-refractivity contribution in [2.75, 3.05) is 58.2 Å². The van der Waals surface area contributed by atoms with Gasteiger partial charge < -0.3 is 33.9 Å². The number of alkyl carbamates (subject to hydrolysis) is 1. The molecule has 462 valence electrons. The number of ether oxygens (including phenoxy) is 5. The summed E-state index contributed by atoms with van der Waals surface area (Å²) in [6.45, 7) is 8.00. The van der Waals surface area contributed by atoms with Gasteiger partial charge in [-0.3, -0.25) is 38.8 Å². The standard InChI is InChI=1S/C65H78F2N10O10/c1-7-46-49(66)22-19-41-32-45(86-39-83-6)33-47(54(41)46)56-55(67)57-48(34-69-56)58(74-35-42-20-21-43(36-74)76(42)63(82)87-64(2,3)4)72-60(71-57)85-38-65-27-16-30-75(65)44(26-28-65)37-84-61(80)68-29-15-13-11-9-8-10-12-14-17-40-18-23-50-52(31-40)73(5)62(81)77(50)51-24-25-53(78)70-59(51)79/h1,18-19,22-23,31-34,42-44,51H,8-17,20-21,24-30,35-39H2,2-6H3,(H,68,80)(H,70,78,79)/t42-,43+,44-,51?,65-/m0/s1. The molecule has 1 unspecified atom stereocenters. The highest BCUT2D eigenvalue weighted by atomic mass is 19.1. The molecule has 5 aliphatic rings. The number of piperidine rings is 1. The first kappa shape index (κ1) is 60.8. The number of carbonyl (C=O) groups is 4. The molecule has 4 amide bonds. The molecule has 8 heterocycles. The Morgan fingerprint density at radius 1 is 0.897 bits per heavy atom. The van der Waals surface area contributed by atoms with Crippen LogP contribution in [0.5, 0.6) is 11.8 Å². The van der Waals surface area contributed by atoms with Gasteiger partial charge in [-0.05, 0) is 133 Å². The molecule has 0 aliphatic carbocycles. The van der Waals surface area contributed by atoms with Crippen molar-refractivity contribution in [3.8, 4) is 35.4 Å². The summed E-state index contributed by atoms with van der Waals surface area (Å²) in [5, 5.41) is 6.42. The van der Waals surface area contributed by atoms with Gasteiger partial charge >= 0.3 is 23.9 Å². The van der Waals surface area contributed by atoms with Crippen LogP contribution in [0, 0.1) is 24.0 Å². The fourth-order valence-electron chi connectivity index (χ4n) is 13.9. The summed E-state index contributed by atoms with van der Waals surface area (Å²) in [4.78, 5) is 84.7. The Hall–Kier alpha value is -7.90. The number of carbonyl (C=O) groups excluding carboxylic acids is 4. The number of nitrogens with zero attached hydrogens (tertiary/aromatic N) is 8. The predicted molar refractivity (Wildman–Crippen MR) is 324 cm³/mol. The molecule has 0 saturated carbocycles. The van der Waals surface area contributed by atoms with E-state index in [4.69, 9.17) is 40.1 Å². The van der Waals surface area contributed by atoms with Crippen LogP contribution in [-0.4, -0.2) is 140 Å². The average molecular weight is 1200 g/mol. The molecule has 3 aromatic carbocycles. The molecular formula is C65H78F2N10O10. The molecule has 87 heavy (non-hydrogen) atoms. The molecule has 0 radical (unpaired) electrons. The Bertz CT molecular complexity index is 3690. The van der Waals surface area contributed by atoms with E-state index in [0.717, 1.165) is 114 Å². The number of rotatable bonds is 22. The number of aryl methyl sites for hydroxylation is 2. The van der Waals surface area contributed by atoms with Crippen molar-refractivity contribution in [1.29, 1.82) is 0 Å². The lowest BCUT2D eigenvalue weighted by Gasteiger charge is -2.42. The van der Waals surface area contributed by atoms with Crippen molar-refractivity contribution in [1.82, 2.24) is 44.5 Å². The van der Waals surface area contributed by atoms with Gasteiger partial charge in [-0.1, -0.05) is 56.6 Å². The number of imidazole rings is 1. The third-order valence-electron chi connectivity index (χ3n) is 18.1. The number of fused-ring (bicyclic) bond motifs is 6. The van der Waals surface area contributed by atoms with Crippen molar-refractivity contribution >= 4 is 62.5 Å². The molecular weight excluding hydrogens is 1120 g/mol. The lowest BCUT2D eigenvalue weighted by Crippen LogP contribution is -2.57. The summed E-state index contributed by atoms with van der Waals surface area (Å²) in [5.74, 6) is 1.00. The second-order valence-corrected chi connectivity index (χ2v) is 25.0. The van der Waals surface area contributed by atoms with Gasteiger partial charge in [0.1, 0.15) is 53.5 Å². The fraction of sp³-hybridized carbons (Fsp3) is 0.538. The van der Waals surface area contributed by atoms with Gasteiger partial charge in [0.05, 0.1) is 39.6 Å². The van der Waals surface area contributed by atoms with Gasteiger partial charge in [-0.25, -0.2) is 23.2 Å². The number of nitrogens with one attached hydrogen (secondary N) is 2. The van der Waals surface area contributed by atoms with Gasteiger partial charge in [0, 0.05) is 63.4 Å². The second-order valence-electron chi connectivity index (χ2n) is 25.0. The highest BCUT2D eigenvalue weighted by Crippen LogP contribution is 2.45. The number of benzene rings is 3. The van der Waals surface area contributed by atoms with Crippen molar-refractivity contribution in [2.24, 2.45) is 7.05 Å². The molecule has 3 aromatic heterocycles. The number of pyridine rings is 1. The Balaban J connectivity index is 0.686. The SMILES string of the molecule is C#Cc1c(F)ccc2cc(OCOC)cc(-c3ncc4c(N5C[C@H]6CC[C@@H](C5)N6C(=O)OC(C)(C)C)nc(OC[C@@]56CCCN5[C@H](COC(=O)NCCCCCCCCCCc5ccc7c(c5)n(C)c(=O)n7C5CCC(=O)NC5=O)CC6)nc4c3F)c12. The number of terminal acetylenes is 1. The van der Waals surface area contributed by atoms with E-state index < -0.39 is 40.8 Å². The van der Waals surface area contributed by atoms with Gasteiger partial charge in [-0.2, -0.15) is 9.97 Å². The molecule has 5 aliphatic heterocycles. The zero-order valence-corrected chi connectivity index (χ0v) is 50.4. The molecule has 22 heteroatoms. The van der Waals surface area contributed by atoms with E-state index in [-0.39, 0.29) is 96.0 Å². The molecule has 20 nitrogen and oxygen atoms in total. The Morgan fingerprint density at radius 2 is 1.66 bits per heavy atom. The van der Waals surface area contributed by atoms with E-state index in [2.05, 4.69) is 26.4 Å². The largest absolute Gasteiger partial charge is 0.468 e. The lowest BCUT2D eigenvalue weighted by molar-refractivity contribution is -0.135. The van der Waals surface area contributed by atoms with Gasteiger partial charge in [-0.15, -0.1) is 6.42 Å². The molecule has 6 aromatic rings. The van der Waals surface area contributed by atoms with Crippen LogP contribution >= 0.6 is 0 Å². The van der Waals surface area contributed by atoms with Crippen LogP contribution in [0.25, 0.3) is 44.0 Å². The van der Waals surface area contributed by atoms with E-state index in [1.54, 1.807) is 29.8 Å². The van der Waals surface area contributed by atoms with E-state index in [9.17, 15) is 24.0 Å². The Labute approximate surface area is 504 Å². The first-order valence-corrected chi connectivity index (χ1v) is 30.8. The average Bonchev–Trinajstić information content (AvgIpc) is 1.65. The van der Waals surface area contributed by atoms with E-state index in [0.29, 0.717) is 53.9 Å². The number of aromatic nitrogens is 5. The second kappa shape index (κ2) is 25.8. The van der Waals surface area contributed by atoms with Crippen molar-refractivity contribution in [3.63, 3.8) is 0 Å². The summed E-state index contributed by atoms with van der Waals surface area (Å²) in [6, 6.07) is 10.9. The maximum atomic E-state index is 17.7. The molecule has 0 spiro atoms. The molecule has 5 fully saturated rings. The molecule has 2 bridgehead atoms. The smallest absolute Gasteiger partial charge is 0.410 e. The Morgan fingerprint density at radius 3 is 2.39 bits per heavy atom. The summed E-state index contributed by atoms with van der Waals surface area (Å²) in [5.41, 5.74) is 1.24. The minimum atomic E-state index is -0.794. The summed E-state index contributed by atoms with van der Waals surface area (Å²) < 4.78 is 65.5. The van der Waals surface area contributed by atoms with Gasteiger partial charge in [0.2, 0.25) is 11.8 Å². The van der Waals surface area contributed by atoms with Gasteiger partial charge in [0.25, 0.3) is 0 Å². The third-order valence-corrected chi connectivity index (χ3v) is 18.1. The Kier molecular flexibility index (Phi) is 18.0. The first-order valence-electron chi connectivity index (χ1n) is 30.8. The van der Waals surface area contributed by atoms with Crippen molar-refractivity contribution < 1.29 is 51.6 Å². The predicted octanol–water partition coefficient (Wildman–Crippen LogP) is 9.77. The third kappa shape index (κ3) is 12.8. The summed E-state index contributed by atoms with van der Waals surface area (Å²) in [6.07, 6.45) is 21.3. The first-order chi connectivity index (χ1) is 41.9. The minimum absolute atomic E-state index is 0.0208. The minimum Gasteiger partial charge on any atom is -0.468 e. The number of piperazine rings is 1. The highest BCUT2D eigenvalue weighted by Gasteiger charge is 2.51. The number of imide groups is 1. The molecule has 2 N–H and O–H groups in total. The molecule has 5 atom stereocenters. The summed E-state index contributed by atoms with van der Waals surface area (Å²) in [7, 11) is 3.20. The molecule has 11 rings (SSSR count). The zero-order chi connectivity index (χ0) is 61.1. The van der Waals surface area contributed by atoms with Crippen LogP contribution in [0.15, 0.2) is 53.5 Å².